The normalized spacial score (nSPS) is 9.80. The topological polar surface area (TPSA) is 20.2 Å². The second-order valence-corrected chi connectivity index (χ2v) is 3.04. The van der Waals surface area contributed by atoms with Crippen LogP contribution in [0.2, 0.25) is 0 Å². The summed E-state index contributed by atoms with van der Waals surface area (Å²) in [5, 5.41) is 9.05. The van der Waals surface area contributed by atoms with E-state index in [1.807, 2.05) is 0 Å². The summed E-state index contributed by atoms with van der Waals surface area (Å²) in [6, 6.07) is 5.19. The molecule has 0 radical (unpaired) electrons. The molecule has 1 aromatic rings. The molecule has 0 heterocycles. The van der Waals surface area contributed by atoms with Crippen LogP contribution in [0.15, 0.2) is 22.7 Å². The molecule has 0 fully saturated rings. The van der Waals surface area contributed by atoms with Gasteiger partial charge in [-0.3, -0.25) is 0 Å². The van der Waals surface area contributed by atoms with E-state index in [-0.39, 0.29) is 5.75 Å². The highest BCUT2D eigenvalue weighted by Gasteiger charge is 1.96. The number of halogens is 2. The Morgan fingerprint density at radius 1 is 1.50 bits per heavy atom. The largest absolute Gasteiger partial charge is 0.507 e. The van der Waals surface area contributed by atoms with Crippen LogP contribution in [0, 0.1) is 0 Å². The summed E-state index contributed by atoms with van der Waals surface area (Å²) in [7, 11) is 0. The van der Waals surface area contributed by atoms with Crippen molar-refractivity contribution in [2.75, 3.05) is 0 Å². The minimum atomic E-state index is 0.244. The van der Waals surface area contributed by atoms with Crippen LogP contribution in [0.3, 0.4) is 0 Å². The first-order chi connectivity index (χ1) is 4.74. The summed E-state index contributed by atoms with van der Waals surface area (Å²) in [6.45, 7) is 0. The minimum Gasteiger partial charge on any atom is -0.507 e. The SMILES string of the molecule is Oc1ccc(CCl)cc1Br. The van der Waals surface area contributed by atoms with Crippen molar-refractivity contribution in [2.45, 2.75) is 5.88 Å². The van der Waals surface area contributed by atoms with Gasteiger partial charge in [0, 0.05) is 5.88 Å². The van der Waals surface area contributed by atoms with E-state index < -0.39 is 0 Å². The van der Waals surface area contributed by atoms with Crippen molar-refractivity contribution >= 4 is 27.5 Å². The number of aromatic hydroxyl groups is 1. The third kappa shape index (κ3) is 1.64. The molecule has 0 atom stereocenters. The monoisotopic (exact) mass is 220 g/mol. The number of phenols is 1. The van der Waals surface area contributed by atoms with E-state index in [4.69, 9.17) is 16.7 Å². The van der Waals surface area contributed by atoms with Gasteiger partial charge in [-0.1, -0.05) is 6.07 Å². The summed E-state index contributed by atoms with van der Waals surface area (Å²) in [6.07, 6.45) is 0. The van der Waals surface area contributed by atoms with Crippen LogP contribution in [-0.4, -0.2) is 5.11 Å². The van der Waals surface area contributed by atoms with Gasteiger partial charge < -0.3 is 5.11 Å². The molecule has 0 spiro atoms. The van der Waals surface area contributed by atoms with Gasteiger partial charge in [0.05, 0.1) is 4.47 Å². The lowest BCUT2D eigenvalue weighted by atomic mass is 10.2. The Kier molecular flexibility index (Phi) is 2.57. The van der Waals surface area contributed by atoms with Crippen molar-refractivity contribution in [3.63, 3.8) is 0 Å². The first kappa shape index (κ1) is 7.89. The van der Waals surface area contributed by atoms with E-state index in [2.05, 4.69) is 15.9 Å². The smallest absolute Gasteiger partial charge is 0.129 e. The zero-order chi connectivity index (χ0) is 7.56. The number of benzene rings is 1. The maximum absolute atomic E-state index is 9.05. The highest BCUT2D eigenvalue weighted by atomic mass is 79.9. The number of alkyl halides is 1. The standard InChI is InChI=1S/C7H6BrClO/c8-6-3-5(4-9)1-2-7(6)10/h1-3,10H,4H2. The molecular formula is C7H6BrClO. The molecule has 1 aromatic carbocycles. The predicted octanol–water partition coefficient (Wildman–Crippen LogP) is 2.89. The first-order valence-electron chi connectivity index (χ1n) is 2.77. The summed E-state index contributed by atoms with van der Waals surface area (Å²) in [4.78, 5) is 0. The number of phenolic OH excluding ortho intramolecular Hbond substituents is 1. The van der Waals surface area contributed by atoms with E-state index in [9.17, 15) is 0 Å². The van der Waals surface area contributed by atoms with Crippen molar-refractivity contribution < 1.29 is 5.11 Å². The molecule has 0 saturated carbocycles. The van der Waals surface area contributed by atoms with Gasteiger partial charge in [-0.15, -0.1) is 11.6 Å². The van der Waals surface area contributed by atoms with Crippen LogP contribution < -0.4 is 0 Å². The van der Waals surface area contributed by atoms with Gasteiger partial charge in [0.15, 0.2) is 0 Å². The van der Waals surface area contributed by atoms with Crippen LogP contribution in [0.25, 0.3) is 0 Å². The van der Waals surface area contributed by atoms with Crippen LogP contribution in [-0.2, 0) is 5.88 Å². The highest BCUT2D eigenvalue weighted by Crippen LogP contribution is 2.24. The quantitative estimate of drug-likeness (QED) is 0.723. The Bertz CT molecular complexity index is 237. The fourth-order valence-electron chi connectivity index (χ4n) is 0.634. The molecule has 10 heavy (non-hydrogen) atoms. The Hall–Kier alpha value is -0.210. The molecule has 0 saturated heterocycles. The first-order valence-corrected chi connectivity index (χ1v) is 4.10. The lowest BCUT2D eigenvalue weighted by Gasteiger charge is -1.97. The van der Waals surface area contributed by atoms with E-state index in [1.54, 1.807) is 18.2 Å². The number of hydrogen-bond donors (Lipinski definition) is 1. The lowest BCUT2D eigenvalue weighted by molar-refractivity contribution is 0.472. The molecule has 1 rings (SSSR count). The lowest BCUT2D eigenvalue weighted by Crippen LogP contribution is -1.76. The van der Waals surface area contributed by atoms with Crippen molar-refractivity contribution in [3.05, 3.63) is 28.2 Å². The molecule has 1 nitrogen and oxygen atoms in total. The second-order valence-electron chi connectivity index (χ2n) is 1.92. The predicted molar refractivity (Wildman–Crippen MR) is 45.4 cm³/mol. The maximum Gasteiger partial charge on any atom is 0.129 e. The van der Waals surface area contributed by atoms with Gasteiger partial charge in [0.1, 0.15) is 5.75 Å². The van der Waals surface area contributed by atoms with Crippen LogP contribution in [0.5, 0.6) is 5.75 Å². The zero-order valence-electron chi connectivity index (χ0n) is 5.14. The van der Waals surface area contributed by atoms with Gasteiger partial charge in [-0.2, -0.15) is 0 Å². The number of hydrogen-bond acceptors (Lipinski definition) is 1. The maximum atomic E-state index is 9.05. The van der Waals surface area contributed by atoms with Gasteiger partial charge in [-0.05, 0) is 33.6 Å². The molecule has 0 aliphatic carbocycles. The average molecular weight is 221 g/mol. The average Bonchev–Trinajstić information content (AvgIpc) is 1.95. The number of rotatable bonds is 1. The van der Waals surface area contributed by atoms with Crippen LogP contribution in [0.1, 0.15) is 5.56 Å². The van der Waals surface area contributed by atoms with Crippen LogP contribution >= 0.6 is 27.5 Å². The van der Waals surface area contributed by atoms with Crippen molar-refractivity contribution in [3.8, 4) is 5.75 Å². The Morgan fingerprint density at radius 3 is 2.70 bits per heavy atom. The van der Waals surface area contributed by atoms with Crippen molar-refractivity contribution in [2.24, 2.45) is 0 Å². The third-order valence-electron chi connectivity index (χ3n) is 1.17. The van der Waals surface area contributed by atoms with Gasteiger partial charge in [-0.25, -0.2) is 0 Å². The minimum absolute atomic E-state index is 0.244. The highest BCUT2D eigenvalue weighted by molar-refractivity contribution is 9.10. The fraction of sp³-hybridized carbons (Fsp3) is 0.143. The fourth-order valence-corrected chi connectivity index (χ4v) is 1.23. The second kappa shape index (κ2) is 3.26. The molecule has 0 aliphatic rings. The molecule has 0 unspecified atom stereocenters. The van der Waals surface area contributed by atoms with Gasteiger partial charge >= 0.3 is 0 Å². The van der Waals surface area contributed by atoms with E-state index in [1.165, 1.54) is 0 Å². The Labute approximate surface area is 72.8 Å². The van der Waals surface area contributed by atoms with E-state index in [0.717, 1.165) is 5.56 Å². The Balaban J connectivity index is 3.04. The van der Waals surface area contributed by atoms with Gasteiger partial charge in [0.2, 0.25) is 0 Å². The molecule has 54 valence electrons. The molecule has 0 aliphatic heterocycles. The molecule has 0 aromatic heterocycles. The van der Waals surface area contributed by atoms with Crippen molar-refractivity contribution in [1.82, 2.24) is 0 Å². The third-order valence-corrected chi connectivity index (χ3v) is 2.11. The van der Waals surface area contributed by atoms with E-state index in [0.29, 0.717) is 10.4 Å². The molecule has 3 heteroatoms. The summed E-state index contributed by atoms with van der Waals surface area (Å²) in [5.41, 5.74) is 0.992. The summed E-state index contributed by atoms with van der Waals surface area (Å²) >= 11 is 8.73. The summed E-state index contributed by atoms with van der Waals surface area (Å²) < 4.78 is 0.686. The van der Waals surface area contributed by atoms with E-state index >= 15 is 0 Å². The Morgan fingerprint density at radius 2 is 2.20 bits per heavy atom. The van der Waals surface area contributed by atoms with Gasteiger partial charge in [0.25, 0.3) is 0 Å². The van der Waals surface area contributed by atoms with Crippen LogP contribution in [0.4, 0.5) is 0 Å². The molecular weight excluding hydrogens is 215 g/mol. The molecule has 0 amide bonds. The molecule has 0 bridgehead atoms. The summed E-state index contributed by atoms with van der Waals surface area (Å²) in [5.74, 6) is 0.715. The zero-order valence-corrected chi connectivity index (χ0v) is 7.48. The van der Waals surface area contributed by atoms with Crippen molar-refractivity contribution in [1.29, 1.82) is 0 Å². The molecule has 1 N–H and O–H groups in total.